The van der Waals surface area contributed by atoms with Crippen molar-refractivity contribution >= 4 is 17.6 Å². The van der Waals surface area contributed by atoms with E-state index in [0.717, 1.165) is 37.2 Å². The fourth-order valence-electron chi connectivity index (χ4n) is 3.86. The third kappa shape index (κ3) is 4.58. The molecule has 0 bridgehead atoms. The Hall–Kier alpha value is -2.90. The van der Waals surface area contributed by atoms with Crippen LogP contribution in [0.4, 0.5) is 10.5 Å². The standard InChI is InChI=1S/C22H26N4O3/c1-25-13-17-6-7-18(10-20(17)21(25)28)24-22(29)23-11-15-2-4-16(5-3-15)12-26-9-8-19(27)14-26/h2-7,10,19,27H,8-9,11-14H2,1H3,(H2,23,24,29). The fourth-order valence-corrected chi connectivity index (χ4v) is 3.86. The van der Waals surface area contributed by atoms with E-state index in [0.29, 0.717) is 24.3 Å². The number of hydrogen-bond acceptors (Lipinski definition) is 4. The molecular weight excluding hydrogens is 368 g/mol. The summed E-state index contributed by atoms with van der Waals surface area (Å²) in [5.74, 6) is -0.0208. The fraction of sp³-hybridized carbons (Fsp3) is 0.364. The van der Waals surface area contributed by atoms with Crippen LogP contribution < -0.4 is 10.6 Å². The molecule has 0 aromatic heterocycles. The van der Waals surface area contributed by atoms with Crippen LogP contribution in [0.1, 0.15) is 33.5 Å². The minimum absolute atomic E-state index is 0.0208. The summed E-state index contributed by atoms with van der Waals surface area (Å²) in [6.07, 6.45) is 0.633. The molecule has 2 heterocycles. The van der Waals surface area contributed by atoms with Gasteiger partial charge in [-0.15, -0.1) is 0 Å². The van der Waals surface area contributed by atoms with Crippen LogP contribution in [0, 0.1) is 0 Å². The second-order valence-electron chi connectivity index (χ2n) is 7.83. The topological polar surface area (TPSA) is 84.9 Å². The van der Waals surface area contributed by atoms with Gasteiger partial charge in [-0.3, -0.25) is 9.69 Å². The van der Waals surface area contributed by atoms with Crippen molar-refractivity contribution < 1.29 is 14.7 Å². The largest absolute Gasteiger partial charge is 0.392 e. The van der Waals surface area contributed by atoms with Crippen molar-refractivity contribution in [1.29, 1.82) is 0 Å². The number of likely N-dealkylation sites (tertiary alicyclic amines) is 1. The first-order valence-corrected chi connectivity index (χ1v) is 9.89. The van der Waals surface area contributed by atoms with Gasteiger partial charge in [-0.25, -0.2) is 4.79 Å². The summed E-state index contributed by atoms with van der Waals surface area (Å²) in [6, 6.07) is 13.2. The van der Waals surface area contributed by atoms with Gasteiger partial charge in [0.15, 0.2) is 0 Å². The van der Waals surface area contributed by atoms with E-state index in [4.69, 9.17) is 0 Å². The Morgan fingerprint density at radius 2 is 1.93 bits per heavy atom. The Balaban J connectivity index is 1.27. The molecule has 3 amide bonds. The maximum absolute atomic E-state index is 12.2. The molecule has 152 valence electrons. The maximum atomic E-state index is 12.2. The SMILES string of the molecule is CN1Cc2ccc(NC(=O)NCc3ccc(CN4CCC(O)C4)cc3)cc2C1=O. The smallest absolute Gasteiger partial charge is 0.319 e. The third-order valence-electron chi connectivity index (χ3n) is 5.48. The lowest BCUT2D eigenvalue weighted by atomic mass is 10.1. The molecule has 3 N–H and O–H groups in total. The minimum Gasteiger partial charge on any atom is -0.392 e. The number of aliphatic hydroxyl groups excluding tert-OH is 1. The second kappa shape index (κ2) is 8.23. The molecule has 0 radical (unpaired) electrons. The van der Waals surface area contributed by atoms with Gasteiger partial charge in [0, 0.05) is 51.0 Å². The van der Waals surface area contributed by atoms with Crippen LogP contribution in [-0.4, -0.2) is 53.1 Å². The molecule has 1 atom stereocenters. The van der Waals surface area contributed by atoms with Crippen LogP contribution >= 0.6 is 0 Å². The van der Waals surface area contributed by atoms with Crippen LogP contribution in [0.15, 0.2) is 42.5 Å². The number of amides is 3. The number of nitrogens with one attached hydrogen (secondary N) is 2. The van der Waals surface area contributed by atoms with Crippen molar-refractivity contribution in [2.24, 2.45) is 0 Å². The highest BCUT2D eigenvalue weighted by molar-refractivity contribution is 6.00. The number of aliphatic hydroxyl groups is 1. The van der Waals surface area contributed by atoms with Crippen molar-refractivity contribution in [1.82, 2.24) is 15.1 Å². The summed E-state index contributed by atoms with van der Waals surface area (Å²) in [4.78, 5) is 28.2. The third-order valence-corrected chi connectivity index (χ3v) is 5.48. The molecule has 7 nitrogen and oxygen atoms in total. The Kier molecular flexibility index (Phi) is 5.51. The average molecular weight is 394 g/mol. The average Bonchev–Trinajstić information content (AvgIpc) is 3.24. The van der Waals surface area contributed by atoms with Gasteiger partial charge in [0.1, 0.15) is 0 Å². The predicted molar refractivity (Wildman–Crippen MR) is 110 cm³/mol. The van der Waals surface area contributed by atoms with Crippen LogP contribution in [0.25, 0.3) is 0 Å². The molecule has 0 aliphatic carbocycles. The molecular formula is C22H26N4O3. The molecule has 7 heteroatoms. The zero-order valence-electron chi connectivity index (χ0n) is 16.5. The Bertz CT molecular complexity index is 913. The number of carbonyl (C=O) groups excluding carboxylic acids is 2. The molecule has 0 saturated carbocycles. The number of carbonyl (C=O) groups is 2. The van der Waals surface area contributed by atoms with E-state index in [2.05, 4.69) is 27.7 Å². The molecule has 4 rings (SSSR count). The monoisotopic (exact) mass is 394 g/mol. The first-order chi connectivity index (χ1) is 14.0. The van der Waals surface area contributed by atoms with Crippen LogP contribution in [0.3, 0.4) is 0 Å². The predicted octanol–water partition coefficient (Wildman–Crippen LogP) is 2.16. The van der Waals surface area contributed by atoms with Gasteiger partial charge in [-0.05, 0) is 35.2 Å². The first-order valence-electron chi connectivity index (χ1n) is 9.89. The summed E-state index contributed by atoms with van der Waals surface area (Å²) >= 11 is 0. The second-order valence-corrected chi connectivity index (χ2v) is 7.83. The van der Waals surface area contributed by atoms with Gasteiger partial charge < -0.3 is 20.6 Å². The Morgan fingerprint density at radius 1 is 1.17 bits per heavy atom. The van der Waals surface area contributed by atoms with Crippen LogP contribution in [0.2, 0.25) is 0 Å². The molecule has 1 fully saturated rings. The molecule has 0 spiro atoms. The summed E-state index contributed by atoms with van der Waals surface area (Å²) in [5, 5.41) is 15.2. The van der Waals surface area contributed by atoms with Crippen molar-refractivity contribution in [3.63, 3.8) is 0 Å². The highest BCUT2D eigenvalue weighted by Gasteiger charge is 2.24. The number of benzene rings is 2. The molecule has 1 unspecified atom stereocenters. The van der Waals surface area contributed by atoms with Gasteiger partial charge in [-0.1, -0.05) is 30.3 Å². The van der Waals surface area contributed by atoms with E-state index in [9.17, 15) is 14.7 Å². The van der Waals surface area contributed by atoms with E-state index < -0.39 is 0 Å². The lowest BCUT2D eigenvalue weighted by Gasteiger charge is -2.15. The minimum atomic E-state index is -0.307. The van der Waals surface area contributed by atoms with Crippen molar-refractivity contribution in [2.75, 3.05) is 25.5 Å². The molecule has 2 aromatic carbocycles. The summed E-state index contributed by atoms with van der Waals surface area (Å²) < 4.78 is 0. The number of hydrogen-bond donors (Lipinski definition) is 3. The number of fused-ring (bicyclic) bond motifs is 1. The highest BCUT2D eigenvalue weighted by Crippen LogP contribution is 2.24. The number of rotatable bonds is 5. The van der Waals surface area contributed by atoms with Gasteiger partial charge in [0.2, 0.25) is 0 Å². The van der Waals surface area contributed by atoms with Crippen molar-refractivity contribution in [2.45, 2.75) is 32.2 Å². The van der Waals surface area contributed by atoms with Gasteiger partial charge in [0.05, 0.1) is 6.10 Å². The van der Waals surface area contributed by atoms with Gasteiger partial charge in [-0.2, -0.15) is 0 Å². The van der Waals surface area contributed by atoms with E-state index in [1.165, 1.54) is 5.56 Å². The van der Waals surface area contributed by atoms with E-state index in [1.54, 1.807) is 18.0 Å². The number of anilines is 1. The molecule has 1 saturated heterocycles. The molecule has 29 heavy (non-hydrogen) atoms. The summed E-state index contributed by atoms with van der Waals surface area (Å²) in [5.41, 5.74) is 4.43. The molecule has 2 aromatic rings. The lowest BCUT2D eigenvalue weighted by Crippen LogP contribution is -2.28. The van der Waals surface area contributed by atoms with E-state index in [-0.39, 0.29) is 18.0 Å². The van der Waals surface area contributed by atoms with E-state index >= 15 is 0 Å². The van der Waals surface area contributed by atoms with Gasteiger partial charge in [0.25, 0.3) is 5.91 Å². The lowest BCUT2D eigenvalue weighted by molar-refractivity contribution is 0.0816. The summed E-state index contributed by atoms with van der Waals surface area (Å²) in [7, 11) is 1.77. The zero-order chi connectivity index (χ0) is 20.4. The molecule has 2 aliphatic rings. The Labute approximate surface area is 170 Å². The number of nitrogens with zero attached hydrogens (tertiary/aromatic N) is 2. The number of β-amino-alcohol motifs (C(OH)–C–C–N with tert-alkyl or cyclic N) is 1. The van der Waals surface area contributed by atoms with E-state index in [1.807, 2.05) is 24.3 Å². The highest BCUT2D eigenvalue weighted by atomic mass is 16.3. The maximum Gasteiger partial charge on any atom is 0.319 e. The summed E-state index contributed by atoms with van der Waals surface area (Å²) in [6.45, 7) is 3.51. The Morgan fingerprint density at radius 3 is 2.66 bits per heavy atom. The van der Waals surface area contributed by atoms with Crippen LogP contribution in [0.5, 0.6) is 0 Å². The van der Waals surface area contributed by atoms with Crippen molar-refractivity contribution in [3.05, 3.63) is 64.7 Å². The van der Waals surface area contributed by atoms with Crippen molar-refractivity contribution in [3.8, 4) is 0 Å². The normalized spacial score (nSPS) is 18.8. The van der Waals surface area contributed by atoms with Gasteiger partial charge >= 0.3 is 6.03 Å². The molecule has 2 aliphatic heterocycles. The number of urea groups is 1. The van der Waals surface area contributed by atoms with Crippen LogP contribution in [-0.2, 0) is 19.6 Å². The quantitative estimate of drug-likeness (QED) is 0.726. The zero-order valence-corrected chi connectivity index (χ0v) is 16.5. The first kappa shape index (κ1) is 19.4.